The van der Waals surface area contributed by atoms with Gasteiger partial charge in [-0.2, -0.15) is 0 Å². The number of sulfonamides is 1. The SMILES string of the molecule is COCC(Cl)CNS(=O)(=O)CCC(C)C. The van der Waals surface area contributed by atoms with Crippen LogP contribution in [0.2, 0.25) is 0 Å². The van der Waals surface area contributed by atoms with E-state index in [-0.39, 0.29) is 17.7 Å². The van der Waals surface area contributed by atoms with E-state index in [1.54, 1.807) is 0 Å². The minimum Gasteiger partial charge on any atom is -0.383 e. The predicted octanol–water partition coefficient (Wildman–Crippen LogP) is 1.21. The van der Waals surface area contributed by atoms with Crippen LogP contribution in [0, 0.1) is 5.92 Å². The molecule has 1 N–H and O–H groups in total. The van der Waals surface area contributed by atoms with E-state index in [0.29, 0.717) is 18.9 Å². The molecule has 0 radical (unpaired) electrons. The van der Waals surface area contributed by atoms with Gasteiger partial charge in [-0.25, -0.2) is 13.1 Å². The Morgan fingerprint density at radius 1 is 1.40 bits per heavy atom. The van der Waals surface area contributed by atoms with Crippen molar-refractivity contribution in [2.45, 2.75) is 25.6 Å². The van der Waals surface area contributed by atoms with Crippen LogP contribution in [0.1, 0.15) is 20.3 Å². The van der Waals surface area contributed by atoms with Crippen molar-refractivity contribution in [1.29, 1.82) is 0 Å². The summed E-state index contributed by atoms with van der Waals surface area (Å²) in [7, 11) is -1.65. The van der Waals surface area contributed by atoms with Crippen LogP contribution >= 0.6 is 11.6 Å². The van der Waals surface area contributed by atoms with E-state index in [1.165, 1.54) is 7.11 Å². The molecule has 0 aromatic heterocycles. The van der Waals surface area contributed by atoms with Gasteiger partial charge in [0.1, 0.15) is 0 Å². The molecule has 0 aromatic rings. The van der Waals surface area contributed by atoms with Gasteiger partial charge in [-0.05, 0) is 12.3 Å². The van der Waals surface area contributed by atoms with E-state index in [1.807, 2.05) is 13.8 Å². The second kappa shape index (κ2) is 7.44. The van der Waals surface area contributed by atoms with Crippen LogP contribution in [0.3, 0.4) is 0 Å². The zero-order valence-corrected chi connectivity index (χ0v) is 11.1. The highest BCUT2D eigenvalue weighted by Crippen LogP contribution is 2.02. The highest BCUT2D eigenvalue weighted by Gasteiger charge is 2.13. The molecule has 1 atom stereocenters. The molecule has 0 saturated heterocycles. The number of rotatable bonds is 8. The van der Waals surface area contributed by atoms with Crippen molar-refractivity contribution in [1.82, 2.24) is 4.72 Å². The fourth-order valence-electron chi connectivity index (χ4n) is 0.920. The first-order chi connectivity index (χ1) is 6.87. The fraction of sp³-hybridized carbons (Fsp3) is 1.00. The average Bonchev–Trinajstić information content (AvgIpc) is 2.13. The minimum atomic E-state index is -3.18. The summed E-state index contributed by atoms with van der Waals surface area (Å²) < 4.78 is 30.1. The van der Waals surface area contributed by atoms with Crippen LogP contribution in [0.5, 0.6) is 0 Å². The monoisotopic (exact) mass is 257 g/mol. The van der Waals surface area contributed by atoms with Crippen LogP contribution in [-0.2, 0) is 14.8 Å². The quantitative estimate of drug-likeness (QED) is 0.665. The molecule has 0 spiro atoms. The molecular weight excluding hydrogens is 238 g/mol. The number of halogens is 1. The van der Waals surface area contributed by atoms with E-state index < -0.39 is 10.0 Å². The Bertz CT molecular complexity index is 254. The summed E-state index contributed by atoms with van der Waals surface area (Å²) in [5.41, 5.74) is 0. The third kappa shape index (κ3) is 9.11. The van der Waals surface area contributed by atoms with Crippen molar-refractivity contribution in [2.75, 3.05) is 26.0 Å². The van der Waals surface area contributed by atoms with Gasteiger partial charge >= 0.3 is 0 Å². The minimum absolute atomic E-state index is 0.154. The normalized spacial score (nSPS) is 14.5. The van der Waals surface area contributed by atoms with Gasteiger partial charge in [-0.3, -0.25) is 0 Å². The first-order valence-corrected chi connectivity index (χ1v) is 7.06. The van der Waals surface area contributed by atoms with Gasteiger partial charge in [0.05, 0.1) is 17.7 Å². The molecule has 0 aliphatic heterocycles. The van der Waals surface area contributed by atoms with Gasteiger partial charge in [0.15, 0.2) is 0 Å². The summed E-state index contributed by atoms with van der Waals surface area (Å²) in [6.07, 6.45) is 0.659. The zero-order chi connectivity index (χ0) is 11.9. The van der Waals surface area contributed by atoms with E-state index in [0.717, 1.165) is 0 Å². The number of alkyl halides is 1. The van der Waals surface area contributed by atoms with Gasteiger partial charge in [0, 0.05) is 13.7 Å². The number of hydrogen-bond acceptors (Lipinski definition) is 3. The number of ether oxygens (including phenoxy) is 1. The van der Waals surface area contributed by atoms with E-state index in [4.69, 9.17) is 16.3 Å². The Morgan fingerprint density at radius 2 is 2.00 bits per heavy atom. The lowest BCUT2D eigenvalue weighted by Crippen LogP contribution is -2.33. The molecule has 0 aliphatic rings. The molecule has 4 nitrogen and oxygen atoms in total. The molecule has 0 bridgehead atoms. The average molecular weight is 258 g/mol. The molecule has 0 amide bonds. The van der Waals surface area contributed by atoms with Gasteiger partial charge in [-0.1, -0.05) is 13.8 Å². The third-order valence-electron chi connectivity index (χ3n) is 1.84. The molecular formula is C9H20ClNO3S. The lowest BCUT2D eigenvalue weighted by Gasteiger charge is -2.11. The summed E-state index contributed by atoms with van der Waals surface area (Å²) in [5.74, 6) is 0.536. The smallest absolute Gasteiger partial charge is 0.211 e. The second-order valence-corrected chi connectivity index (χ2v) is 6.45. The van der Waals surface area contributed by atoms with Crippen molar-refractivity contribution in [3.63, 3.8) is 0 Å². The summed E-state index contributed by atoms with van der Waals surface area (Å²) in [4.78, 5) is 0. The van der Waals surface area contributed by atoms with Crippen LogP contribution in [-0.4, -0.2) is 39.8 Å². The van der Waals surface area contributed by atoms with Crippen molar-refractivity contribution < 1.29 is 13.2 Å². The van der Waals surface area contributed by atoms with Gasteiger partial charge in [-0.15, -0.1) is 11.6 Å². The Balaban J connectivity index is 3.83. The van der Waals surface area contributed by atoms with Crippen LogP contribution in [0.15, 0.2) is 0 Å². The van der Waals surface area contributed by atoms with Crippen LogP contribution in [0.25, 0.3) is 0 Å². The van der Waals surface area contributed by atoms with Crippen molar-refractivity contribution in [3.05, 3.63) is 0 Å². The maximum absolute atomic E-state index is 11.4. The lowest BCUT2D eigenvalue weighted by molar-refractivity contribution is 0.198. The molecule has 6 heteroatoms. The maximum atomic E-state index is 11.4. The molecule has 0 rings (SSSR count). The predicted molar refractivity (Wildman–Crippen MR) is 62.8 cm³/mol. The van der Waals surface area contributed by atoms with E-state index in [2.05, 4.69) is 4.72 Å². The van der Waals surface area contributed by atoms with Crippen molar-refractivity contribution in [2.24, 2.45) is 5.92 Å². The van der Waals surface area contributed by atoms with Gasteiger partial charge < -0.3 is 4.74 Å². The fourth-order valence-corrected chi connectivity index (χ4v) is 2.60. The molecule has 0 aromatic carbocycles. The largest absolute Gasteiger partial charge is 0.383 e. The molecule has 0 aliphatic carbocycles. The third-order valence-corrected chi connectivity index (χ3v) is 3.50. The van der Waals surface area contributed by atoms with Gasteiger partial charge in [0.25, 0.3) is 0 Å². The zero-order valence-electron chi connectivity index (χ0n) is 9.49. The number of hydrogen-bond donors (Lipinski definition) is 1. The highest BCUT2D eigenvalue weighted by atomic mass is 35.5. The van der Waals surface area contributed by atoms with Crippen molar-refractivity contribution >= 4 is 21.6 Å². The summed E-state index contributed by atoms with van der Waals surface area (Å²) in [6, 6.07) is 0. The van der Waals surface area contributed by atoms with Crippen LogP contribution in [0.4, 0.5) is 0 Å². The Hall–Kier alpha value is 0.160. The first-order valence-electron chi connectivity index (χ1n) is 4.97. The molecule has 0 heterocycles. The summed E-state index contributed by atoms with van der Waals surface area (Å²) in [5, 5.41) is -0.316. The molecule has 0 fully saturated rings. The Morgan fingerprint density at radius 3 is 2.47 bits per heavy atom. The second-order valence-electron chi connectivity index (χ2n) is 3.90. The molecule has 15 heavy (non-hydrogen) atoms. The van der Waals surface area contributed by atoms with E-state index in [9.17, 15) is 8.42 Å². The molecule has 92 valence electrons. The van der Waals surface area contributed by atoms with Crippen LogP contribution < -0.4 is 4.72 Å². The first kappa shape index (κ1) is 15.2. The van der Waals surface area contributed by atoms with Crippen molar-refractivity contribution in [3.8, 4) is 0 Å². The lowest BCUT2D eigenvalue weighted by atomic mass is 10.2. The Kier molecular flexibility index (Phi) is 7.52. The van der Waals surface area contributed by atoms with E-state index >= 15 is 0 Å². The summed E-state index contributed by atoms with van der Waals surface area (Å²) in [6.45, 7) is 4.54. The Labute approximate surface area is 97.4 Å². The maximum Gasteiger partial charge on any atom is 0.211 e. The summed E-state index contributed by atoms with van der Waals surface area (Å²) >= 11 is 5.80. The standard InChI is InChI=1S/C9H20ClNO3S/c1-8(2)4-5-15(12,13)11-6-9(10)7-14-3/h8-9,11H,4-7H2,1-3H3. The topological polar surface area (TPSA) is 55.4 Å². The highest BCUT2D eigenvalue weighted by molar-refractivity contribution is 7.89. The number of nitrogens with one attached hydrogen (secondary N) is 1. The molecule has 1 unspecified atom stereocenters. The molecule has 0 saturated carbocycles. The van der Waals surface area contributed by atoms with Gasteiger partial charge in [0.2, 0.25) is 10.0 Å². The number of methoxy groups -OCH3 is 1.